The highest BCUT2D eigenvalue weighted by molar-refractivity contribution is 5.91. The van der Waals surface area contributed by atoms with Crippen LogP contribution in [0.25, 0.3) is 5.69 Å². The monoisotopic (exact) mass is 316 g/mol. The minimum atomic E-state index is -0.0642. The van der Waals surface area contributed by atoms with Crippen molar-refractivity contribution in [2.24, 2.45) is 5.73 Å². The van der Waals surface area contributed by atoms with Gasteiger partial charge in [0.05, 0.1) is 7.11 Å². The fourth-order valence-electron chi connectivity index (χ4n) is 2.38. The number of nitrogens with zero attached hydrogens (tertiary/aromatic N) is 4. The van der Waals surface area contributed by atoms with Gasteiger partial charge >= 0.3 is 0 Å². The highest BCUT2D eigenvalue weighted by Crippen LogP contribution is 2.40. The first-order valence-electron chi connectivity index (χ1n) is 7.69. The molecule has 0 bridgehead atoms. The zero-order valence-electron chi connectivity index (χ0n) is 13.0. The summed E-state index contributed by atoms with van der Waals surface area (Å²) >= 11 is 0. The molecule has 0 spiro atoms. The van der Waals surface area contributed by atoms with Crippen molar-refractivity contribution >= 4 is 11.6 Å². The van der Waals surface area contributed by atoms with E-state index >= 15 is 0 Å². The smallest absolute Gasteiger partial charge is 0.224 e. The van der Waals surface area contributed by atoms with Gasteiger partial charge in [-0.2, -0.15) is 4.68 Å². The molecule has 1 heterocycles. The highest BCUT2D eigenvalue weighted by atomic mass is 16.5. The number of ether oxygens (including phenoxy) is 1. The standard InChI is InChI=1S/C15H20N6O2/c1-23-13-7-6-11(17-14(22)3-2-8-16)9-12(13)21-15(10-4-5-10)18-19-20-21/h6-7,9-10H,2-5,8,16H2,1H3,(H,17,22). The van der Waals surface area contributed by atoms with E-state index in [1.165, 1.54) is 0 Å². The topological polar surface area (TPSA) is 108 Å². The molecule has 1 fully saturated rings. The summed E-state index contributed by atoms with van der Waals surface area (Å²) in [4.78, 5) is 11.9. The molecule has 8 nitrogen and oxygen atoms in total. The number of benzene rings is 1. The molecule has 1 aliphatic rings. The maximum absolute atomic E-state index is 11.9. The third-order valence-electron chi connectivity index (χ3n) is 3.73. The fourth-order valence-corrected chi connectivity index (χ4v) is 2.38. The predicted molar refractivity (Wildman–Crippen MR) is 84.6 cm³/mol. The Labute approximate surface area is 134 Å². The van der Waals surface area contributed by atoms with Gasteiger partial charge in [-0.25, -0.2) is 0 Å². The van der Waals surface area contributed by atoms with Crippen molar-refractivity contribution in [2.75, 3.05) is 19.0 Å². The number of nitrogens with two attached hydrogens (primary N) is 1. The molecule has 23 heavy (non-hydrogen) atoms. The number of amides is 1. The molecule has 0 saturated heterocycles. The van der Waals surface area contributed by atoms with Crippen molar-refractivity contribution in [2.45, 2.75) is 31.6 Å². The lowest BCUT2D eigenvalue weighted by atomic mass is 10.2. The zero-order valence-corrected chi connectivity index (χ0v) is 13.0. The number of hydrogen-bond donors (Lipinski definition) is 2. The Morgan fingerprint density at radius 2 is 2.30 bits per heavy atom. The van der Waals surface area contributed by atoms with Crippen molar-refractivity contribution in [3.05, 3.63) is 24.0 Å². The molecule has 3 N–H and O–H groups in total. The molecule has 2 aromatic rings. The number of anilines is 1. The Morgan fingerprint density at radius 3 is 3.00 bits per heavy atom. The zero-order chi connectivity index (χ0) is 16.2. The molecule has 1 saturated carbocycles. The summed E-state index contributed by atoms with van der Waals surface area (Å²) in [5, 5.41) is 14.8. The van der Waals surface area contributed by atoms with Gasteiger partial charge in [-0.15, -0.1) is 5.10 Å². The molecule has 1 aromatic carbocycles. The van der Waals surface area contributed by atoms with E-state index in [-0.39, 0.29) is 5.91 Å². The number of rotatable bonds is 7. The Bertz CT molecular complexity index is 695. The second-order valence-corrected chi connectivity index (χ2v) is 5.55. The summed E-state index contributed by atoms with van der Waals surface area (Å²) in [6.45, 7) is 0.497. The van der Waals surface area contributed by atoms with Crippen LogP contribution in [0.1, 0.15) is 37.4 Å². The number of nitrogens with one attached hydrogen (secondary N) is 1. The lowest BCUT2D eigenvalue weighted by molar-refractivity contribution is -0.116. The van der Waals surface area contributed by atoms with Gasteiger partial charge in [0.2, 0.25) is 5.91 Å². The van der Waals surface area contributed by atoms with Gasteiger partial charge in [0.15, 0.2) is 5.82 Å². The lowest BCUT2D eigenvalue weighted by Gasteiger charge is -2.12. The summed E-state index contributed by atoms with van der Waals surface area (Å²) in [5.74, 6) is 1.82. The molecule has 0 unspecified atom stereocenters. The van der Waals surface area contributed by atoms with Gasteiger partial charge in [-0.1, -0.05) is 0 Å². The summed E-state index contributed by atoms with van der Waals surface area (Å²) in [6.07, 6.45) is 3.25. The van der Waals surface area contributed by atoms with Crippen LogP contribution in [0.5, 0.6) is 5.75 Å². The van der Waals surface area contributed by atoms with Crippen LogP contribution >= 0.6 is 0 Å². The van der Waals surface area contributed by atoms with Crippen LogP contribution in [-0.2, 0) is 4.79 Å². The molecule has 8 heteroatoms. The molecule has 122 valence electrons. The van der Waals surface area contributed by atoms with Crippen molar-refractivity contribution in [3.8, 4) is 11.4 Å². The summed E-state index contributed by atoms with van der Waals surface area (Å²) in [5.41, 5.74) is 6.82. The average molecular weight is 316 g/mol. The number of aromatic nitrogens is 4. The Kier molecular flexibility index (Phi) is 4.52. The number of methoxy groups -OCH3 is 1. The van der Waals surface area contributed by atoms with Crippen LogP contribution < -0.4 is 15.8 Å². The molecule has 0 radical (unpaired) electrons. The van der Waals surface area contributed by atoms with E-state index in [9.17, 15) is 4.79 Å². The van der Waals surface area contributed by atoms with E-state index < -0.39 is 0 Å². The third-order valence-corrected chi connectivity index (χ3v) is 3.73. The van der Waals surface area contributed by atoms with Crippen molar-refractivity contribution < 1.29 is 9.53 Å². The maximum atomic E-state index is 11.9. The first-order valence-corrected chi connectivity index (χ1v) is 7.69. The van der Waals surface area contributed by atoms with Gasteiger partial charge in [0, 0.05) is 18.0 Å². The first-order chi connectivity index (χ1) is 11.2. The van der Waals surface area contributed by atoms with Crippen molar-refractivity contribution in [1.29, 1.82) is 0 Å². The van der Waals surface area contributed by atoms with Gasteiger partial charge in [-0.05, 0) is 54.4 Å². The van der Waals surface area contributed by atoms with Crippen LogP contribution in [0.15, 0.2) is 18.2 Å². The number of hydrogen-bond acceptors (Lipinski definition) is 6. The van der Waals surface area contributed by atoms with E-state index in [0.717, 1.165) is 24.4 Å². The minimum absolute atomic E-state index is 0.0642. The second-order valence-electron chi connectivity index (χ2n) is 5.55. The van der Waals surface area contributed by atoms with E-state index in [4.69, 9.17) is 10.5 Å². The van der Waals surface area contributed by atoms with Gasteiger partial charge in [0.1, 0.15) is 11.4 Å². The molecule has 1 aliphatic carbocycles. The third kappa shape index (κ3) is 3.48. The van der Waals surface area contributed by atoms with Gasteiger partial charge < -0.3 is 15.8 Å². The fraction of sp³-hybridized carbons (Fsp3) is 0.467. The maximum Gasteiger partial charge on any atom is 0.224 e. The van der Waals surface area contributed by atoms with E-state index in [1.807, 2.05) is 6.07 Å². The molecule has 1 amide bonds. The number of carbonyl (C=O) groups is 1. The second kappa shape index (κ2) is 6.74. The molecule has 3 rings (SSSR count). The molecular weight excluding hydrogens is 296 g/mol. The van der Waals surface area contributed by atoms with Crippen molar-refractivity contribution in [1.82, 2.24) is 20.2 Å². The molecule has 0 atom stereocenters. The van der Waals surface area contributed by atoms with Crippen LogP contribution in [0.4, 0.5) is 5.69 Å². The van der Waals surface area contributed by atoms with Crippen LogP contribution in [0.2, 0.25) is 0 Å². The van der Waals surface area contributed by atoms with Crippen LogP contribution in [0.3, 0.4) is 0 Å². The predicted octanol–water partition coefficient (Wildman–Crippen LogP) is 1.23. The minimum Gasteiger partial charge on any atom is -0.494 e. The SMILES string of the molecule is COc1ccc(NC(=O)CCCN)cc1-n1nnnc1C1CC1. The van der Waals surface area contributed by atoms with Crippen LogP contribution in [0, 0.1) is 0 Å². The number of carbonyl (C=O) groups excluding carboxylic acids is 1. The quantitative estimate of drug-likeness (QED) is 0.795. The van der Waals surface area contributed by atoms with Gasteiger partial charge in [0.25, 0.3) is 0 Å². The summed E-state index contributed by atoms with van der Waals surface area (Å²) < 4.78 is 7.09. The van der Waals surface area contributed by atoms with E-state index in [0.29, 0.717) is 36.7 Å². The molecule has 1 aromatic heterocycles. The Balaban J connectivity index is 1.87. The van der Waals surface area contributed by atoms with Crippen molar-refractivity contribution in [3.63, 3.8) is 0 Å². The molecule has 0 aliphatic heterocycles. The number of tetrazole rings is 1. The van der Waals surface area contributed by atoms with Gasteiger partial charge in [-0.3, -0.25) is 4.79 Å². The first kappa shape index (κ1) is 15.4. The van der Waals surface area contributed by atoms with E-state index in [1.54, 1.807) is 23.9 Å². The summed E-state index contributed by atoms with van der Waals surface area (Å²) in [7, 11) is 1.60. The highest BCUT2D eigenvalue weighted by Gasteiger charge is 2.30. The van der Waals surface area contributed by atoms with E-state index in [2.05, 4.69) is 20.8 Å². The largest absolute Gasteiger partial charge is 0.494 e. The lowest BCUT2D eigenvalue weighted by Crippen LogP contribution is -2.14. The Morgan fingerprint density at radius 1 is 1.48 bits per heavy atom. The normalized spacial score (nSPS) is 13.8. The Hall–Kier alpha value is -2.48. The summed E-state index contributed by atoms with van der Waals surface area (Å²) in [6, 6.07) is 5.41. The average Bonchev–Trinajstić information content (AvgIpc) is 3.29. The van der Waals surface area contributed by atoms with Crippen LogP contribution in [-0.4, -0.2) is 39.8 Å². The molecular formula is C15H20N6O2.